The van der Waals surface area contributed by atoms with Gasteiger partial charge in [0.1, 0.15) is 0 Å². The molecule has 4 heteroatoms. The van der Waals surface area contributed by atoms with Crippen molar-refractivity contribution in [3.05, 3.63) is 28.2 Å². The van der Waals surface area contributed by atoms with E-state index in [0.717, 1.165) is 10.9 Å². The molecule has 1 atom stereocenters. The van der Waals surface area contributed by atoms with Crippen molar-refractivity contribution in [1.29, 1.82) is 0 Å². The molecule has 1 aromatic heterocycles. The Morgan fingerprint density at radius 3 is 2.67 bits per heavy atom. The van der Waals surface area contributed by atoms with Crippen molar-refractivity contribution in [3.8, 4) is 0 Å². The number of aromatic nitrogens is 2. The molecule has 84 valence electrons. The van der Waals surface area contributed by atoms with Crippen LogP contribution in [0, 0.1) is 18.8 Å². The fourth-order valence-corrected chi connectivity index (χ4v) is 2.27. The molecule has 0 spiro atoms. The lowest BCUT2D eigenvalue weighted by molar-refractivity contribution is 0.348. The van der Waals surface area contributed by atoms with Crippen molar-refractivity contribution in [2.45, 2.75) is 27.3 Å². The average molecular weight is 273 g/mol. The third kappa shape index (κ3) is 3.45. The molecule has 0 aliphatic carbocycles. The maximum Gasteiger partial charge on any atom is 0.266 e. The number of aryl methyl sites for hydroxylation is 1. The quantitative estimate of drug-likeness (QED) is 0.788. The number of alkyl halides is 1. The molecule has 0 saturated carbocycles. The van der Waals surface area contributed by atoms with Crippen LogP contribution in [0.5, 0.6) is 0 Å². The first-order valence-electron chi connectivity index (χ1n) is 5.14. The van der Waals surface area contributed by atoms with E-state index < -0.39 is 0 Å². The van der Waals surface area contributed by atoms with Gasteiger partial charge < -0.3 is 0 Å². The van der Waals surface area contributed by atoms with Crippen LogP contribution in [0.3, 0.4) is 0 Å². The SMILES string of the molecule is Cc1cnn(CC(CBr)C(C)C)c(=O)c1. The van der Waals surface area contributed by atoms with E-state index in [4.69, 9.17) is 0 Å². The first kappa shape index (κ1) is 12.4. The number of hydrogen-bond acceptors (Lipinski definition) is 2. The number of halogens is 1. The zero-order chi connectivity index (χ0) is 11.4. The second-order valence-electron chi connectivity index (χ2n) is 4.21. The van der Waals surface area contributed by atoms with Gasteiger partial charge in [0.15, 0.2) is 0 Å². The third-order valence-electron chi connectivity index (χ3n) is 2.55. The van der Waals surface area contributed by atoms with Crippen LogP contribution in [0.2, 0.25) is 0 Å². The van der Waals surface area contributed by atoms with E-state index >= 15 is 0 Å². The lowest BCUT2D eigenvalue weighted by atomic mass is 9.98. The van der Waals surface area contributed by atoms with Gasteiger partial charge in [-0.2, -0.15) is 5.10 Å². The molecule has 0 saturated heterocycles. The first-order valence-corrected chi connectivity index (χ1v) is 6.26. The van der Waals surface area contributed by atoms with Gasteiger partial charge in [-0.15, -0.1) is 0 Å². The van der Waals surface area contributed by atoms with Gasteiger partial charge in [0.25, 0.3) is 5.56 Å². The molecule has 1 rings (SSSR count). The summed E-state index contributed by atoms with van der Waals surface area (Å²) in [6, 6.07) is 1.62. The predicted octanol–water partition coefficient (Wildman–Crippen LogP) is 2.22. The third-order valence-corrected chi connectivity index (χ3v) is 3.39. The summed E-state index contributed by atoms with van der Waals surface area (Å²) in [6.07, 6.45) is 1.73. The zero-order valence-electron chi connectivity index (χ0n) is 9.40. The van der Waals surface area contributed by atoms with Crippen LogP contribution in [0.15, 0.2) is 17.1 Å². The Balaban J connectivity index is 2.84. The van der Waals surface area contributed by atoms with Gasteiger partial charge in [-0.25, -0.2) is 4.68 Å². The Morgan fingerprint density at radius 1 is 1.53 bits per heavy atom. The summed E-state index contributed by atoms with van der Waals surface area (Å²) < 4.78 is 1.54. The molecule has 0 aliphatic heterocycles. The van der Waals surface area contributed by atoms with Crippen LogP contribution < -0.4 is 5.56 Å². The van der Waals surface area contributed by atoms with Crippen molar-refractivity contribution in [1.82, 2.24) is 9.78 Å². The van der Waals surface area contributed by atoms with Crippen LogP contribution in [0.25, 0.3) is 0 Å². The molecule has 15 heavy (non-hydrogen) atoms. The Morgan fingerprint density at radius 2 is 2.20 bits per heavy atom. The predicted molar refractivity (Wildman–Crippen MR) is 65.4 cm³/mol. The molecule has 0 fully saturated rings. The Kier molecular flexibility index (Phi) is 4.51. The number of rotatable bonds is 4. The molecule has 0 N–H and O–H groups in total. The molecule has 3 nitrogen and oxygen atoms in total. The summed E-state index contributed by atoms with van der Waals surface area (Å²) in [5.74, 6) is 0.984. The Labute approximate surface area is 98.6 Å². The standard InChI is InChI=1S/C11H17BrN2O/c1-8(2)10(5-12)7-14-11(15)4-9(3)6-13-14/h4,6,8,10H,5,7H2,1-3H3. The van der Waals surface area contributed by atoms with Crippen LogP contribution in [-0.2, 0) is 6.54 Å². The van der Waals surface area contributed by atoms with Crippen molar-refractivity contribution in [2.24, 2.45) is 11.8 Å². The minimum Gasteiger partial charge on any atom is -0.268 e. The second kappa shape index (κ2) is 5.45. The molecule has 0 radical (unpaired) electrons. The van der Waals surface area contributed by atoms with Gasteiger partial charge in [-0.05, 0) is 24.3 Å². The van der Waals surface area contributed by atoms with E-state index in [-0.39, 0.29) is 5.56 Å². The van der Waals surface area contributed by atoms with Gasteiger partial charge in [0, 0.05) is 17.9 Å². The Hall–Kier alpha value is -0.640. The summed E-state index contributed by atoms with van der Waals surface area (Å²) in [6.45, 7) is 6.88. The van der Waals surface area contributed by atoms with Crippen molar-refractivity contribution in [2.75, 3.05) is 5.33 Å². The van der Waals surface area contributed by atoms with Crippen molar-refractivity contribution < 1.29 is 0 Å². The summed E-state index contributed by atoms with van der Waals surface area (Å²) in [5.41, 5.74) is 0.901. The maximum absolute atomic E-state index is 11.6. The topological polar surface area (TPSA) is 34.9 Å². The summed E-state index contributed by atoms with van der Waals surface area (Å²) >= 11 is 3.47. The highest BCUT2D eigenvalue weighted by molar-refractivity contribution is 9.09. The molecule has 0 amide bonds. The van der Waals surface area contributed by atoms with Crippen LogP contribution in [0.4, 0.5) is 0 Å². The summed E-state index contributed by atoms with van der Waals surface area (Å²) in [4.78, 5) is 11.6. The highest BCUT2D eigenvalue weighted by Gasteiger charge is 2.13. The fraction of sp³-hybridized carbons (Fsp3) is 0.636. The number of nitrogens with zero attached hydrogens (tertiary/aromatic N) is 2. The average Bonchev–Trinajstić information content (AvgIpc) is 2.16. The molecule has 1 heterocycles. The Bertz CT molecular complexity index is 373. The summed E-state index contributed by atoms with van der Waals surface area (Å²) in [7, 11) is 0. The molecular weight excluding hydrogens is 256 g/mol. The first-order chi connectivity index (χ1) is 7.04. The van der Waals surface area contributed by atoms with E-state index in [1.165, 1.54) is 0 Å². The molecule has 1 aromatic rings. The molecular formula is C11H17BrN2O. The van der Waals surface area contributed by atoms with Gasteiger partial charge in [0.2, 0.25) is 0 Å². The van der Waals surface area contributed by atoms with Gasteiger partial charge in [-0.1, -0.05) is 29.8 Å². The second-order valence-corrected chi connectivity index (χ2v) is 4.86. The monoisotopic (exact) mass is 272 g/mol. The van der Waals surface area contributed by atoms with Crippen LogP contribution >= 0.6 is 15.9 Å². The van der Waals surface area contributed by atoms with Gasteiger partial charge in [0.05, 0.1) is 6.20 Å². The molecule has 0 aromatic carbocycles. The molecule has 1 unspecified atom stereocenters. The van der Waals surface area contributed by atoms with Gasteiger partial charge in [-0.3, -0.25) is 4.79 Å². The molecule has 0 bridgehead atoms. The van der Waals surface area contributed by atoms with E-state index in [2.05, 4.69) is 34.9 Å². The highest BCUT2D eigenvalue weighted by atomic mass is 79.9. The minimum atomic E-state index is -0.0124. The van der Waals surface area contributed by atoms with Crippen LogP contribution in [-0.4, -0.2) is 15.1 Å². The fourth-order valence-electron chi connectivity index (χ4n) is 1.32. The highest BCUT2D eigenvalue weighted by Crippen LogP contribution is 2.14. The zero-order valence-corrected chi connectivity index (χ0v) is 11.0. The van der Waals surface area contributed by atoms with Crippen molar-refractivity contribution in [3.63, 3.8) is 0 Å². The normalized spacial score (nSPS) is 13.1. The van der Waals surface area contributed by atoms with Crippen LogP contribution in [0.1, 0.15) is 19.4 Å². The largest absolute Gasteiger partial charge is 0.268 e. The van der Waals surface area contributed by atoms with E-state index in [1.807, 2.05) is 6.92 Å². The van der Waals surface area contributed by atoms with E-state index in [0.29, 0.717) is 18.4 Å². The van der Waals surface area contributed by atoms with Gasteiger partial charge >= 0.3 is 0 Å². The smallest absolute Gasteiger partial charge is 0.266 e. The van der Waals surface area contributed by atoms with E-state index in [9.17, 15) is 4.79 Å². The number of hydrogen-bond donors (Lipinski definition) is 0. The van der Waals surface area contributed by atoms with E-state index in [1.54, 1.807) is 16.9 Å². The minimum absolute atomic E-state index is 0.0124. The lowest BCUT2D eigenvalue weighted by Gasteiger charge is -2.18. The molecule has 0 aliphatic rings. The summed E-state index contributed by atoms with van der Waals surface area (Å²) in [5, 5.41) is 5.03. The lowest BCUT2D eigenvalue weighted by Crippen LogP contribution is -2.28. The van der Waals surface area contributed by atoms with Crippen molar-refractivity contribution >= 4 is 15.9 Å². The maximum atomic E-state index is 11.6.